The summed E-state index contributed by atoms with van der Waals surface area (Å²) in [7, 11) is 1.17. The Labute approximate surface area is 149 Å². The summed E-state index contributed by atoms with van der Waals surface area (Å²) in [5.74, 6) is -3.01. The molecule has 0 spiro atoms. The third kappa shape index (κ3) is 5.32. The normalized spacial score (nSPS) is 12.3. The number of benzene rings is 1. The average molecular weight is 374 g/mol. The molecule has 0 amide bonds. The Morgan fingerprint density at radius 1 is 1.21 bits per heavy atom. The summed E-state index contributed by atoms with van der Waals surface area (Å²) >= 11 is 12.1. The molecule has 130 valence electrons. The number of methoxy groups -OCH3 is 1. The molecule has 1 aromatic rings. The van der Waals surface area contributed by atoms with Crippen molar-refractivity contribution in [2.75, 3.05) is 7.11 Å². The molecule has 0 heterocycles. The van der Waals surface area contributed by atoms with E-state index in [-0.39, 0.29) is 27.4 Å². The molecule has 0 radical (unpaired) electrons. The highest BCUT2D eigenvalue weighted by Gasteiger charge is 2.23. The first-order valence-corrected chi connectivity index (χ1v) is 7.75. The molecule has 0 N–H and O–H groups in total. The van der Waals surface area contributed by atoms with Gasteiger partial charge in [0, 0.05) is 11.2 Å². The molecule has 1 unspecified atom stereocenters. The third-order valence-electron chi connectivity index (χ3n) is 2.84. The van der Waals surface area contributed by atoms with Crippen LogP contribution in [0.25, 0.3) is 0 Å². The zero-order chi connectivity index (χ0) is 18.4. The van der Waals surface area contributed by atoms with Gasteiger partial charge in [-0.25, -0.2) is 4.79 Å². The van der Waals surface area contributed by atoms with Gasteiger partial charge in [-0.1, -0.05) is 23.2 Å². The second-order valence-electron chi connectivity index (χ2n) is 5.13. The van der Waals surface area contributed by atoms with Gasteiger partial charge in [-0.2, -0.15) is 0 Å². The topological polar surface area (TPSA) is 82.0 Å². The fraction of sp³-hybridized carbons (Fsp3) is 0.375. The maximum Gasteiger partial charge on any atom is 0.340 e. The first-order valence-electron chi connectivity index (χ1n) is 6.99. The number of nitrogens with zero attached hydrogens (tertiary/aromatic N) is 1. The second kappa shape index (κ2) is 8.80. The summed E-state index contributed by atoms with van der Waals surface area (Å²) in [5.41, 5.74) is 0.178. The highest BCUT2D eigenvalue weighted by Crippen LogP contribution is 2.33. The molecule has 0 saturated heterocycles. The molecule has 24 heavy (non-hydrogen) atoms. The molecule has 0 aliphatic rings. The minimum atomic E-state index is -1.17. The molecular formula is C16H17Cl2NO5. The lowest BCUT2D eigenvalue weighted by Crippen LogP contribution is -2.24. The van der Waals surface area contributed by atoms with Crippen LogP contribution in [0.5, 0.6) is 0 Å². The number of ether oxygens (including phenoxy) is 2. The second-order valence-corrected chi connectivity index (χ2v) is 5.94. The van der Waals surface area contributed by atoms with Crippen molar-refractivity contribution in [3.8, 4) is 0 Å². The van der Waals surface area contributed by atoms with Crippen LogP contribution in [0.3, 0.4) is 0 Å². The van der Waals surface area contributed by atoms with Gasteiger partial charge in [-0.05, 0) is 32.9 Å². The lowest BCUT2D eigenvalue weighted by Gasteiger charge is -2.11. The highest BCUT2D eigenvalue weighted by atomic mass is 35.5. The monoisotopic (exact) mass is 373 g/mol. The average Bonchev–Trinajstić information content (AvgIpc) is 2.48. The number of esters is 2. The SMILES string of the molecule is COC(=O)C(C=Nc1cc(Cl)cc(C(=O)OC(C)C)c1Cl)C(C)=O. The van der Waals surface area contributed by atoms with Gasteiger partial charge in [-0.15, -0.1) is 0 Å². The largest absolute Gasteiger partial charge is 0.468 e. The molecule has 1 aromatic carbocycles. The lowest BCUT2D eigenvalue weighted by atomic mass is 10.1. The van der Waals surface area contributed by atoms with Crippen molar-refractivity contribution in [2.45, 2.75) is 26.9 Å². The van der Waals surface area contributed by atoms with Crippen LogP contribution < -0.4 is 0 Å². The van der Waals surface area contributed by atoms with Gasteiger partial charge in [0.25, 0.3) is 0 Å². The maximum absolute atomic E-state index is 12.0. The molecule has 0 bridgehead atoms. The fourth-order valence-electron chi connectivity index (χ4n) is 1.71. The molecule has 0 aliphatic carbocycles. The number of hydrogen-bond acceptors (Lipinski definition) is 6. The van der Waals surface area contributed by atoms with Crippen molar-refractivity contribution in [3.63, 3.8) is 0 Å². The van der Waals surface area contributed by atoms with Gasteiger partial charge in [0.05, 0.1) is 29.5 Å². The van der Waals surface area contributed by atoms with Gasteiger partial charge < -0.3 is 9.47 Å². The molecule has 0 aromatic heterocycles. The first kappa shape index (κ1) is 20.1. The standard InChI is InChI=1S/C16H17Cl2NO5/c1-8(2)24-16(22)11-5-10(17)6-13(14(11)18)19-7-12(9(3)20)15(21)23-4/h5-8,12H,1-4H3. The Balaban J connectivity index is 3.23. The predicted molar refractivity (Wildman–Crippen MR) is 91.4 cm³/mol. The number of Topliss-reactive ketones (excluding diaryl/α,β-unsaturated/α-hetero) is 1. The van der Waals surface area contributed by atoms with E-state index in [1.165, 1.54) is 26.2 Å². The zero-order valence-corrected chi connectivity index (χ0v) is 15.1. The molecule has 1 rings (SSSR count). The van der Waals surface area contributed by atoms with Gasteiger partial charge in [-0.3, -0.25) is 14.6 Å². The maximum atomic E-state index is 12.0. The Morgan fingerprint density at radius 3 is 2.33 bits per heavy atom. The Kier molecular flexibility index (Phi) is 7.38. The summed E-state index contributed by atoms with van der Waals surface area (Å²) in [5, 5.41) is 0.216. The Bertz CT molecular complexity index is 685. The number of ketones is 1. The van der Waals surface area contributed by atoms with E-state index in [9.17, 15) is 14.4 Å². The zero-order valence-electron chi connectivity index (χ0n) is 13.6. The van der Waals surface area contributed by atoms with Crippen LogP contribution in [-0.2, 0) is 19.1 Å². The number of hydrogen-bond donors (Lipinski definition) is 0. The molecular weight excluding hydrogens is 357 g/mol. The van der Waals surface area contributed by atoms with Crippen LogP contribution in [-0.4, -0.2) is 37.2 Å². The van der Waals surface area contributed by atoms with Crippen molar-refractivity contribution in [1.82, 2.24) is 0 Å². The van der Waals surface area contributed by atoms with E-state index in [0.29, 0.717) is 0 Å². The number of aliphatic imine (C=N–C) groups is 1. The van der Waals surface area contributed by atoms with Gasteiger partial charge >= 0.3 is 11.9 Å². The van der Waals surface area contributed by atoms with Crippen LogP contribution in [0.1, 0.15) is 31.1 Å². The Hall–Kier alpha value is -1.92. The summed E-state index contributed by atoms with van der Waals surface area (Å²) in [6.45, 7) is 4.63. The smallest absolute Gasteiger partial charge is 0.340 e. The van der Waals surface area contributed by atoms with E-state index in [1.54, 1.807) is 13.8 Å². The van der Waals surface area contributed by atoms with Crippen molar-refractivity contribution in [3.05, 3.63) is 27.7 Å². The third-order valence-corrected chi connectivity index (χ3v) is 3.45. The van der Waals surface area contributed by atoms with Gasteiger partial charge in [0.2, 0.25) is 0 Å². The molecule has 0 saturated carbocycles. The number of rotatable bonds is 6. The number of carbonyl (C=O) groups excluding carboxylic acids is 3. The molecule has 0 aliphatic heterocycles. The number of carbonyl (C=O) groups is 3. The van der Waals surface area contributed by atoms with Crippen LogP contribution in [0.15, 0.2) is 17.1 Å². The fourth-order valence-corrected chi connectivity index (χ4v) is 2.16. The number of halogens is 2. The van der Waals surface area contributed by atoms with Crippen LogP contribution in [0.2, 0.25) is 10.0 Å². The summed E-state index contributed by atoms with van der Waals surface area (Å²) < 4.78 is 9.62. The minimum absolute atomic E-state index is 0.00784. The van der Waals surface area contributed by atoms with E-state index in [0.717, 1.165) is 6.21 Å². The van der Waals surface area contributed by atoms with E-state index < -0.39 is 23.6 Å². The van der Waals surface area contributed by atoms with Crippen molar-refractivity contribution < 1.29 is 23.9 Å². The molecule has 0 fully saturated rings. The van der Waals surface area contributed by atoms with Crippen LogP contribution >= 0.6 is 23.2 Å². The molecule has 6 nitrogen and oxygen atoms in total. The summed E-state index contributed by atoms with van der Waals surface area (Å²) in [6, 6.07) is 2.76. The summed E-state index contributed by atoms with van der Waals surface area (Å²) in [6.07, 6.45) is 0.768. The molecule has 8 heteroatoms. The lowest BCUT2D eigenvalue weighted by molar-refractivity contribution is -0.145. The van der Waals surface area contributed by atoms with E-state index in [4.69, 9.17) is 27.9 Å². The van der Waals surface area contributed by atoms with Crippen molar-refractivity contribution in [1.29, 1.82) is 0 Å². The van der Waals surface area contributed by atoms with Gasteiger partial charge in [0.15, 0.2) is 5.92 Å². The quantitative estimate of drug-likeness (QED) is 0.431. The molecule has 1 atom stereocenters. The Morgan fingerprint density at radius 2 is 1.83 bits per heavy atom. The van der Waals surface area contributed by atoms with E-state index in [2.05, 4.69) is 9.73 Å². The summed E-state index contributed by atoms with van der Waals surface area (Å²) in [4.78, 5) is 39.1. The highest BCUT2D eigenvalue weighted by molar-refractivity contribution is 6.38. The predicted octanol–water partition coefficient (Wildman–Crippen LogP) is 3.64. The van der Waals surface area contributed by atoms with Crippen molar-refractivity contribution in [2.24, 2.45) is 10.9 Å². The van der Waals surface area contributed by atoms with E-state index >= 15 is 0 Å². The van der Waals surface area contributed by atoms with Crippen LogP contribution in [0.4, 0.5) is 5.69 Å². The first-order chi connectivity index (χ1) is 11.2. The minimum Gasteiger partial charge on any atom is -0.468 e. The van der Waals surface area contributed by atoms with Gasteiger partial charge in [0.1, 0.15) is 5.78 Å². The van der Waals surface area contributed by atoms with Crippen LogP contribution in [0, 0.1) is 5.92 Å². The van der Waals surface area contributed by atoms with Crippen molar-refractivity contribution >= 4 is 52.8 Å². The van der Waals surface area contributed by atoms with E-state index in [1.807, 2.05) is 0 Å².